The fourth-order valence-corrected chi connectivity index (χ4v) is 1.68. The van der Waals surface area contributed by atoms with E-state index in [4.69, 9.17) is 15.2 Å². The van der Waals surface area contributed by atoms with Gasteiger partial charge in [0.15, 0.2) is 0 Å². The summed E-state index contributed by atoms with van der Waals surface area (Å²) in [5.74, 6) is 2.17. The number of hydrogen-bond donors (Lipinski definition) is 1. The Morgan fingerprint density at radius 3 is 2.56 bits per heavy atom. The number of benzene rings is 2. The predicted octanol–water partition coefficient (Wildman–Crippen LogP) is 3.77. The van der Waals surface area contributed by atoms with Crippen molar-refractivity contribution in [3.63, 3.8) is 0 Å². The van der Waals surface area contributed by atoms with Gasteiger partial charge in [-0.25, -0.2) is 0 Å². The first-order valence-electron chi connectivity index (χ1n) is 5.96. The molecule has 3 nitrogen and oxygen atoms in total. The molecule has 0 atom stereocenters. The average molecular weight is 243 g/mol. The lowest BCUT2D eigenvalue weighted by atomic mass is 10.2. The summed E-state index contributed by atoms with van der Waals surface area (Å²) in [7, 11) is 0. The molecule has 0 aliphatic carbocycles. The van der Waals surface area contributed by atoms with Gasteiger partial charge in [-0.1, -0.05) is 12.1 Å². The summed E-state index contributed by atoms with van der Waals surface area (Å²) in [6.07, 6.45) is 0. The van der Waals surface area contributed by atoms with Gasteiger partial charge in [0.1, 0.15) is 17.2 Å². The van der Waals surface area contributed by atoms with Crippen LogP contribution >= 0.6 is 0 Å². The van der Waals surface area contributed by atoms with Crippen LogP contribution in [0.2, 0.25) is 0 Å². The van der Waals surface area contributed by atoms with Crippen LogP contribution in [0.1, 0.15) is 12.5 Å². The molecule has 3 heteroatoms. The largest absolute Gasteiger partial charge is 0.494 e. The van der Waals surface area contributed by atoms with Gasteiger partial charge in [-0.15, -0.1) is 0 Å². The minimum Gasteiger partial charge on any atom is -0.494 e. The topological polar surface area (TPSA) is 44.5 Å². The highest BCUT2D eigenvalue weighted by molar-refractivity contribution is 5.55. The highest BCUT2D eigenvalue weighted by atomic mass is 16.5. The van der Waals surface area contributed by atoms with E-state index in [0.717, 1.165) is 17.1 Å². The summed E-state index contributed by atoms with van der Waals surface area (Å²) in [5, 5.41) is 0. The Labute approximate surface area is 107 Å². The molecule has 2 aromatic rings. The van der Waals surface area contributed by atoms with Crippen LogP contribution in [-0.4, -0.2) is 6.61 Å². The van der Waals surface area contributed by atoms with Crippen molar-refractivity contribution in [1.29, 1.82) is 0 Å². The van der Waals surface area contributed by atoms with Gasteiger partial charge in [0.25, 0.3) is 0 Å². The fourth-order valence-electron chi connectivity index (χ4n) is 1.68. The predicted molar refractivity (Wildman–Crippen MR) is 73.3 cm³/mol. The Morgan fingerprint density at radius 1 is 1.06 bits per heavy atom. The summed E-state index contributed by atoms with van der Waals surface area (Å²) >= 11 is 0. The van der Waals surface area contributed by atoms with Crippen molar-refractivity contribution >= 4 is 5.69 Å². The van der Waals surface area contributed by atoms with E-state index in [2.05, 4.69) is 0 Å². The lowest BCUT2D eigenvalue weighted by molar-refractivity contribution is 0.338. The van der Waals surface area contributed by atoms with Gasteiger partial charge in [-0.05, 0) is 43.7 Å². The number of hydrogen-bond acceptors (Lipinski definition) is 3. The number of aryl methyl sites for hydroxylation is 1. The van der Waals surface area contributed by atoms with Crippen molar-refractivity contribution in [1.82, 2.24) is 0 Å². The van der Waals surface area contributed by atoms with Gasteiger partial charge in [-0.2, -0.15) is 0 Å². The molecule has 0 spiro atoms. The first-order chi connectivity index (χ1) is 8.69. The summed E-state index contributed by atoms with van der Waals surface area (Å²) in [6, 6.07) is 13.3. The second-order valence-electron chi connectivity index (χ2n) is 4.05. The van der Waals surface area contributed by atoms with Crippen LogP contribution in [0.5, 0.6) is 17.2 Å². The van der Waals surface area contributed by atoms with Crippen LogP contribution in [0.25, 0.3) is 0 Å². The second kappa shape index (κ2) is 5.45. The maximum atomic E-state index is 5.91. The monoisotopic (exact) mass is 243 g/mol. The van der Waals surface area contributed by atoms with Crippen LogP contribution in [0.4, 0.5) is 5.69 Å². The third kappa shape index (κ3) is 2.94. The van der Waals surface area contributed by atoms with Crippen molar-refractivity contribution in [3.05, 3.63) is 48.0 Å². The molecule has 0 fully saturated rings. The number of ether oxygens (including phenoxy) is 2. The Bertz CT molecular complexity index is 538. The molecular weight excluding hydrogens is 226 g/mol. The standard InChI is InChI=1S/C15H17NO2/c1-3-17-12-5-4-6-13(10-12)18-15-8-7-11(2)9-14(15)16/h4-10H,3,16H2,1-2H3. The van der Waals surface area contributed by atoms with E-state index < -0.39 is 0 Å². The summed E-state index contributed by atoms with van der Waals surface area (Å²) < 4.78 is 11.2. The number of nitrogens with two attached hydrogens (primary N) is 1. The first-order valence-corrected chi connectivity index (χ1v) is 5.96. The average Bonchev–Trinajstić information content (AvgIpc) is 2.34. The molecular formula is C15H17NO2. The van der Waals surface area contributed by atoms with Gasteiger partial charge in [-0.3, -0.25) is 0 Å². The molecule has 0 saturated carbocycles. The molecule has 0 bridgehead atoms. The number of rotatable bonds is 4. The van der Waals surface area contributed by atoms with Crippen LogP contribution < -0.4 is 15.2 Å². The lowest BCUT2D eigenvalue weighted by Gasteiger charge is -2.10. The molecule has 0 aliphatic rings. The number of nitrogen functional groups attached to an aromatic ring is 1. The maximum absolute atomic E-state index is 5.91. The fraction of sp³-hybridized carbons (Fsp3) is 0.200. The quantitative estimate of drug-likeness (QED) is 0.831. The van der Waals surface area contributed by atoms with Gasteiger partial charge in [0.05, 0.1) is 12.3 Å². The Hall–Kier alpha value is -2.16. The minimum atomic E-state index is 0.635. The summed E-state index contributed by atoms with van der Waals surface area (Å²) in [5.41, 5.74) is 7.66. The SMILES string of the molecule is CCOc1cccc(Oc2ccc(C)cc2N)c1. The molecule has 0 amide bonds. The van der Waals surface area contributed by atoms with Crippen LogP contribution in [-0.2, 0) is 0 Å². The summed E-state index contributed by atoms with van der Waals surface area (Å²) in [6.45, 7) is 4.58. The highest BCUT2D eigenvalue weighted by Gasteiger charge is 2.03. The molecule has 2 rings (SSSR count). The molecule has 2 aromatic carbocycles. The number of anilines is 1. The zero-order chi connectivity index (χ0) is 13.0. The van der Waals surface area contributed by atoms with Gasteiger partial charge in [0, 0.05) is 6.07 Å². The smallest absolute Gasteiger partial charge is 0.150 e. The Balaban J connectivity index is 2.20. The maximum Gasteiger partial charge on any atom is 0.150 e. The van der Waals surface area contributed by atoms with Crippen LogP contribution in [0.15, 0.2) is 42.5 Å². The normalized spacial score (nSPS) is 10.1. The molecule has 18 heavy (non-hydrogen) atoms. The van der Waals surface area contributed by atoms with E-state index in [9.17, 15) is 0 Å². The molecule has 94 valence electrons. The molecule has 0 radical (unpaired) electrons. The third-order valence-electron chi connectivity index (χ3n) is 2.51. The second-order valence-corrected chi connectivity index (χ2v) is 4.05. The van der Waals surface area contributed by atoms with Gasteiger partial charge < -0.3 is 15.2 Å². The van der Waals surface area contributed by atoms with Crippen LogP contribution in [0, 0.1) is 6.92 Å². The molecule has 2 N–H and O–H groups in total. The summed E-state index contributed by atoms with van der Waals surface area (Å²) in [4.78, 5) is 0. The zero-order valence-corrected chi connectivity index (χ0v) is 10.6. The van der Waals surface area contributed by atoms with Crippen molar-refractivity contribution < 1.29 is 9.47 Å². The molecule has 0 aliphatic heterocycles. The molecule has 0 saturated heterocycles. The molecule has 0 aromatic heterocycles. The Kier molecular flexibility index (Phi) is 3.72. The lowest BCUT2D eigenvalue weighted by Crippen LogP contribution is -1.94. The highest BCUT2D eigenvalue weighted by Crippen LogP contribution is 2.29. The van der Waals surface area contributed by atoms with Gasteiger partial charge in [0.2, 0.25) is 0 Å². The Morgan fingerprint density at radius 2 is 1.83 bits per heavy atom. The molecule has 0 unspecified atom stereocenters. The van der Waals surface area contributed by atoms with Crippen molar-refractivity contribution in [2.75, 3.05) is 12.3 Å². The van der Waals surface area contributed by atoms with Crippen molar-refractivity contribution in [3.8, 4) is 17.2 Å². The van der Waals surface area contributed by atoms with E-state index >= 15 is 0 Å². The van der Waals surface area contributed by atoms with E-state index in [1.54, 1.807) is 0 Å². The van der Waals surface area contributed by atoms with Crippen LogP contribution in [0.3, 0.4) is 0 Å². The van der Waals surface area contributed by atoms with E-state index in [-0.39, 0.29) is 0 Å². The third-order valence-corrected chi connectivity index (χ3v) is 2.51. The van der Waals surface area contributed by atoms with Gasteiger partial charge >= 0.3 is 0 Å². The molecule has 0 heterocycles. The van der Waals surface area contributed by atoms with E-state index in [0.29, 0.717) is 18.0 Å². The van der Waals surface area contributed by atoms with Crippen molar-refractivity contribution in [2.24, 2.45) is 0 Å². The van der Waals surface area contributed by atoms with E-state index in [1.807, 2.05) is 56.3 Å². The zero-order valence-electron chi connectivity index (χ0n) is 10.6. The van der Waals surface area contributed by atoms with Crippen molar-refractivity contribution in [2.45, 2.75) is 13.8 Å². The van der Waals surface area contributed by atoms with E-state index in [1.165, 1.54) is 0 Å². The minimum absolute atomic E-state index is 0.635. The first kappa shape index (κ1) is 12.3.